The standard InChI is InChI=1S/C12H10ClFN2O/c1-2-10-11(13)12(16-7-15-10)17-9-5-3-8(14)4-6-9/h3-7H,2H2,1H3. The van der Waals surface area contributed by atoms with Gasteiger partial charge < -0.3 is 4.74 Å². The minimum absolute atomic E-state index is 0.283. The lowest BCUT2D eigenvalue weighted by Crippen LogP contribution is -1.95. The minimum atomic E-state index is -0.319. The molecule has 5 heteroatoms. The first-order chi connectivity index (χ1) is 8.20. The van der Waals surface area contributed by atoms with Crippen LogP contribution in [0.3, 0.4) is 0 Å². The predicted octanol–water partition coefficient (Wildman–Crippen LogP) is 3.62. The molecule has 0 saturated carbocycles. The maximum atomic E-state index is 12.7. The molecule has 0 spiro atoms. The molecule has 0 atom stereocenters. The van der Waals surface area contributed by atoms with Crippen LogP contribution < -0.4 is 4.74 Å². The quantitative estimate of drug-likeness (QED) is 0.837. The molecule has 0 fully saturated rings. The highest BCUT2D eigenvalue weighted by Crippen LogP contribution is 2.28. The number of hydrogen-bond acceptors (Lipinski definition) is 3. The Balaban J connectivity index is 2.27. The molecule has 0 unspecified atom stereocenters. The van der Waals surface area contributed by atoms with E-state index in [2.05, 4.69) is 9.97 Å². The first-order valence-electron chi connectivity index (χ1n) is 5.13. The molecule has 0 aliphatic rings. The van der Waals surface area contributed by atoms with Crippen LogP contribution >= 0.6 is 11.6 Å². The molecule has 0 saturated heterocycles. The second kappa shape index (κ2) is 5.10. The van der Waals surface area contributed by atoms with Gasteiger partial charge in [0.15, 0.2) is 0 Å². The van der Waals surface area contributed by atoms with Crippen LogP contribution in [0.15, 0.2) is 30.6 Å². The van der Waals surface area contributed by atoms with Gasteiger partial charge in [0.1, 0.15) is 22.9 Å². The fourth-order valence-corrected chi connectivity index (χ4v) is 1.59. The van der Waals surface area contributed by atoms with Crippen molar-refractivity contribution in [2.24, 2.45) is 0 Å². The molecule has 0 amide bonds. The van der Waals surface area contributed by atoms with E-state index in [0.717, 1.165) is 5.69 Å². The second-order valence-electron chi connectivity index (χ2n) is 3.35. The van der Waals surface area contributed by atoms with Crippen molar-refractivity contribution in [3.8, 4) is 11.6 Å². The zero-order valence-corrected chi connectivity index (χ0v) is 9.91. The number of hydrogen-bond donors (Lipinski definition) is 0. The molecule has 0 radical (unpaired) electrons. The number of ether oxygens (including phenoxy) is 1. The number of halogens is 2. The zero-order chi connectivity index (χ0) is 12.3. The Bertz CT molecular complexity index is 516. The first-order valence-corrected chi connectivity index (χ1v) is 5.51. The number of benzene rings is 1. The number of rotatable bonds is 3. The topological polar surface area (TPSA) is 35.0 Å². The van der Waals surface area contributed by atoms with E-state index >= 15 is 0 Å². The molecule has 1 aromatic heterocycles. The van der Waals surface area contributed by atoms with Crippen LogP contribution in [0, 0.1) is 5.82 Å². The smallest absolute Gasteiger partial charge is 0.241 e. The van der Waals surface area contributed by atoms with Gasteiger partial charge in [-0.3, -0.25) is 0 Å². The molecule has 0 N–H and O–H groups in total. The molecule has 17 heavy (non-hydrogen) atoms. The lowest BCUT2D eigenvalue weighted by Gasteiger charge is -2.07. The summed E-state index contributed by atoms with van der Waals surface area (Å²) in [6.07, 6.45) is 2.09. The van der Waals surface area contributed by atoms with E-state index in [1.165, 1.54) is 30.6 Å². The summed E-state index contributed by atoms with van der Waals surface area (Å²) in [5.74, 6) is 0.444. The summed E-state index contributed by atoms with van der Waals surface area (Å²) in [7, 11) is 0. The van der Waals surface area contributed by atoms with Crippen LogP contribution in [0.25, 0.3) is 0 Å². The Morgan fingerprint density at radius 2 is 1.94 bits per heavy atom. The molecule has 0 aliphatic heterocycles. The SMILES string of the molecule is CCc1ncnc(Oc2ccc(F)cc2)c1Cl. The fraction of sp³-hybridized carbons (Fsp3) is 0.167. The highest BCUT2D eigenvalue weighted by Gasteiger charge is 2.09. The third-order valence-electron chi connectivity index (χ3n) is 2.19. The maximum Gasteiger partial charge on any atom is 0.241 e. The molecule has 2 aromatic rings. The molecule has 0 bridgehead atoms. The lowest BCUT2D eigenvalue weighted by atomic mass is 10.3. The molecule has 88 valence electrons. The van der Waals surface area contributed by atoms with E-state index in [0.29, 0.717) is 17.2 Å². The summed E-state index contributed by atoms with van der Waals surface area (Å²) in [6.45, 7) is 1.94. The third-order valence-corrected chi connectivity index (χ3v) is 2.57. The van der Waals surface area contributed by atoms with Gasteiger partial charge in [0.25, 0.3) is 0 Å². The fourth-order valence-electron chi connectivity index (χ4n) is 1.32. The average Bonchev–Trinajstić information content (AvgIpc) is 2.35. The largest absolute Gasteiger partial charge is 0.437 e. The van der Waals surface area contributed by atoms with Gasteiger partial charge in [0.05, 0.1) is 5.69 Å². The molecule has 0 aliphatic carbocycles. The number of nitrogens with zero attached hydrogens (tertiary/aromatic N) is 2. The number of aryl methyl sites for hydroxylation is 1. The highest BCUT2D eigenvalue weighted by molar-refractivity contribution is 6.32. The van der Waals surface area contributed by atoms with Gasteiger partial charge in [-0.25, -0.2) is 14.4 Å². The van der Waals surface area contributed by atoms with Crippen molar-refractivity contribution >= 4 is 11.6 Å². The van der Waals surface area contributed by atoms with Crippen LogP contribution in [0.5, 0.6) is 11.6 Å². The van der Waals surface area contributed by atoms with Crippen LogP contribution in [0.2, 0.25) is 5.02 Å². The number of aromatic nitrogens is 2. The van der Waals surface area contributed by atoms with Crippen molar-refractivity contribution in [3.05, 3.63) is 47.1 Å². The van der Waals surface area contributed by atoms with Gasteiger partial charge in [-0.15, -0.1) is 0 Å². The summed E-state index contributed by atoms with van der Waals surface area (Å²) < 4.78 is 18.2. The minimum Gasteiger partial charge on any atom is -0.437 e. The van der Waals surface area contributed by atoms with E-state index in [-0.39, 0.29) is 11.7 Å². The van der Waals surface area contributed by atoms with Gasteiger partial charge >= 0.3 is 0 Å². The lowest BCUT2D eigenvalue weighted by molar-refractivity contribution is 0.459. The van der Waals surface area contributed by atoms with E-state index in [1.54, 1.807) is 0 Å². The van der Waals surface area contributed by atoms with Crippen LogP contribution in [0.1, 0.15) is 12.6 Å². The molecule has 1 aromatic carbocycles. The van der Waals surface area contributed by atoms with Gasteiger partial charge in [0, 0.05) is 0 Å². The molecule has 2 rings (SSSR count). The molecular formula is C12H10ClFN2O. The van der Waals surface area contributed by atoms with Gasteiger partial charge in [-0.05, 0) is 30.7 Å². The second-order valence-corrected chi connectivity index (χ2v) is 3.73. The summed E-state index contributed by atoms with van der Waals surface area (Å²) >= 11 is 6.07. The van der Waals surface area contributed by atoms with Crippen LogP contribution in [-0.2, 0) is 6.42 Å². The molecular weight excluding hydrogens is 243 g/mol. The van der Waals surface area contributed by atoms with Gasteiger partial charge in [0.2, 0.25) is 5.88 Å². The molecule has 3 nitrogen and oxygen atoms in total. The Morgan fingerprint density at radius 3 is 2.59 bits per heavy atom. The summed E-state index contributed by atoms with van der Waals surface area (Å²) in [5, 5.41) is 0.388. The molecule has 1 heterocycles. The van der Waals surface area contributed by atoms with E-state index in [1.807, 2.05) is 6.92 Å². The summed E-state index contributed by atoms with van der Waals surface area (Å²) in [5.41, 5.74) is 0.721. The zero-order valence-electron chi connectivity index (χ0n) is 9.15. The van der Waals surface area contributed by atoms with E-state index in [9.17, 15) is 4.39 Å². The predicted molar refractivity (Wildman–Crippen MR) is 62.9 cm³/mol. The summed E-state index contributed by atoms with van der Waals surface area (Å²) in [4.78, 5) is 7.98. The summed E-state index contributed by atoms with van der Waals surface area (Å²) in [6, 6.07) is 5.65. The first kappa shape index (κ1) is 11.8. The van der Waals surface area contributed by atoms with Crippen molar-refractivity contribution in [3.63, 3.8) is 0 Å². The van der Waals surface area contributed by atoms with Gasteiger partial charge in [-0.1, -0.05) is 18.5 Å². The Morgan fingerprint density at radius 1 is 1.24 bits per heavy atom. The van der Waals surface area contributed by atoms with Crippen molar-refractivity contribution in [1.29, 1.82) is 0 Å². The van der Waals surface area contributed by atoms with Crippen LogP contribution in [-0.4, -0.2) is 9.97 Å². The monoisotopic (exact) mass is 252 g/mol. The van der Waals surface area contributed by atoms with E-state index < -0.39 is 0 Å². The average molecular weight is 253 g/mol. The maximum absolute atomic E-state index is 12.7. The highest BCUT2D eigenvalue weighted by atomic mass is 35.5. The van der Waals surface area contributed by atoms with Gasteiger partial charge in [-0.2, -0.15) is 0 Å². The normalized spacial score (nSPS) is 10.3. The van der Waals surface area contributed by atoms with Crippen molar-refractivity contribution in [2.75, 3.05) is 0 Å². The Hall–Kier alpha value is -1.68. The Labute approximate surface area is 103 Å². The third kappa shape index (κ3) is 2.71. The van der Waals surface area contributed by atoms with Crippen LogP contribution in [0.4, 0.5) is 4.39 Å². The van der Waals surface area contributed by atoms with Crippen molar-refractivity contribution in [1.82, 2.24) is 9.97 Å². The van der Waals surface area contributed by atoms with Crippen molar-refractivity contribution in [2.45, 2.75) is 13.3 Å². The Kier molecular flexibility index (Phi) is 3.54. The van der Waals surface area contributed by atoms with E-state index in [4.69, 9.17) is 16.3 Å². The van der Waals surface area contributed by atoms with Crippen molar-refractivity contribution < 1.29 is 9.13 Å².